The van der Waals surface area contributed by atoms with Crippen molar-refractivity contribution in [2.75, 3.05) is 30.1 Å². The van der Waals surface area contributed by atoms with Crippen molar-refractivity contribution in [1.82, 2.24) is 10.6 Å². The van der Waals surface area contributed by atoms with Crippen LogP contribution in [0.3, 0.4) is 0 Å². The molecule has 0 aromatic heterocycles. The molecule has 0 heterocycles. The van der Waals surface area contributed by atoms with Gasteiger partial charge in [0.1, 0.15) is 0 Å². The minimum Gasteiger partial charge on any atom is -0.359 e. The fourth-order valence-electron chi connectivity index (χ4n) is 2.11. The molecule has 150 valence electrons. The van der Waals surface area contributed by atoms with Gasteiger partial charge in [-0.3, -0.25) is 23.3 Å². The van der Waals surface area contributed by atoms with Crippen molar-refractivity contribution in [2.24, 2.45) is 10.8 Å². The number of hydrogen-bond acceptors (Lipinski definition) is 5. The van der Waals surface area contributed by atoms with E-state index in [0.29, 0.717) is 42.3 Å². The van der Waals surface area contributed by atoms with Gasteiger partial charge in [-0.05, 0) is 19.3 Å². The highest BCUT2D eigenvalue weighted by molar-refractivity contribution is 7.85. The Morgan fingerprint density at radius 2 is 1.31 bits per heavy atom. The van der Waals surface area contributed by atoms with Crippen molar-refractivity contribution in [3.05, 3.63) is 0 Å². The van der Waals surface area contributed by atoms with Crippen molar-refractivity contribution in [2.45, 2.75) is 47.0 Å². The Labute approximate surface area is 161 Å². The maximum Gasteiger partial charge on any atom is 0.238 e. The van der Waals surface area contributed by atoms with E-state index in [0.717, 1.165) is 0 Å². The number of carbonyl (C=O) groups is 2. The van der Waals surface area contributed by atoms with Crippen LogP contribution in [0.5, 0.6) is 0 Å². The number of rotatable bonds is 12. The van der Waals surface area contributed by atoms with Gasteiger partial charge >= 0.3 is 0 Å². The minimum absolute atomic E-state index is 0.0707. The summed E-state index contributed by atoms with van der Waals surface area (Å²) in [6.07, 6.45) is 3.13. The quantitative estimate of drug-likeness (QED) is 0.372. The summed E-state index contributed by atoms with van der Waals surface area (Å²) in [4.78, 5) is 23.4. The molecule has 2 unspecified atom stereocenters. The second kappa shape index (κ2) is 11.4. The normalized spacial score (nSPS) is 14.2. The van der Waals surface area contributed by atoms with Gasteiger partial charge in [-0.25, -0.2) is 0 Å². The van der Waals surface area contributed by atoms with Crippen molar-refractivity contribution in [3.8, 4) is 6.19 Å². The van der Waals surface area contributed by atoms with Gasteiger partial charge in [-0.15, -0.1) is 0 Å². The lowest BCUT2D eigenvalue weighted by atomic mass is 9.89. The van der Waals surface area contributed by atoms with Gasteiger partial charge in [-0.1, -0.05) is 27.7 Å². The van der Waals surface area contributed by atoms with Crippen LogP contribution in [0, 0.1) is 22.3 Å². The van der Waals surface area contributed by atoms with Crippen molar-refractivity contribution in [3.63, 3.8) is 0 Å². The molecule has 0 bridgehead atoms. The highest BCUT2D eigenvalue weighted by Crippen LogP contribution is 2.22. The molecule has 7 nitrogen and oxygen atoms in total. The number of hydrogen-bond donors (Lipinski definition) is 2. The molecule has 0 rings (SSSR count). The summed E-state index contributed by atoms with van der Waals surface area (Å²) in [6.45, 7) is 7.06. The average Bonchev–Trinajstić information content (AvgIpc) is 2.57. The molecule has 0 aromatic rings. The zero-order valence-electron chi connectivity index (χ0n) is 16.3. The van der Waals surface area contributed by atoms with Crippen LogP contribution in [-0.2, 0) is 31.2 Å². The molecule has 0 aromatic carbocycles. The maximum absolute atomic E-state index is 12.1. The molecular weight excluding hydrogens is 374 g/mol. The van der Waals surface area contributed by atoms with E-state index in [1.54, 1.807) is 27.1 Å². The van der Waals surface area contributed by atoms with E-state index in [1.165, 1.54) is 0 Å². The molecule has 0 aliphatic heterocycles. The Kier molecular flexibility index (Phi) is 10.9. The summed E-state index contributed by atoms with van der Waals surface area (Å²) in [5, 5.41) is 13.2. The van der Waals surface area contributed by atoms with E-state index in [4.69, 9.17) is 5.26 Å². The second-order valence-corrected chi connectivity index (χ2v) is 10.9. The summed E-state index contributed by atoms with van der Waals surface area (Å²) < 4.78 is 24.1. The molecule has 0 fully saturated rings. The summed E-state index contributed by atoms with van der Waals surface area (Å²) in [6, 6.07) is 0. The van der Waals surface area contributed by atoms with Crippen LogP contribution in [0.1, 0.15) is 47.0 Å². The molecule has 0 spiro atoms. The predicted octanol–water partition coefficient (Wildman–Crippen LogP) is 1.05. The smallest absolute Gasteiger partial charge is 0.238 e. The Balaban J connectivity index is 4.12. The molecule has 0 aliphatic carbocycles. The van der Waals surface area contributed by atoms with Crippen molar-refractivity contribution < 1.29 is 18.0 Å². The number of amides is 2. The first kappa shape index (κ1) is 24.7. The lowest BCUT2D eigenvalue weighted by molar-refractivity contribution is -0.129. The SMILES string of the molecule is CNC(=O)C(C)(C)CCS(=O)CCCS(=O)CCC(C)(C)C(=O)NC#N. The van der Waals surface area contributed by atoms with Crippen LogP contribution in [0.4, 0.5) is 0 Å². The number of nitrogens with zero attached hydrogens (tertiary/aromatic N) is 1. The number of carbonyl (C=O) groups excluding carboxylic acids is 2. The van der Waals surface area contributed by atoms with Crippen LogP contribution < -0.4 is 10.6 Å². The molecule has 2 amide bonds. The first-order valence-electron chi connectivity index (χ1n) is 8.58. The second-order valence-electron chi connectivity index (χ2n) is 7.46. The maximum atomic E-state index is 12.1. The fraction of sp³-hybridized carbons (Fsp3) is 0.824. The lowest BCUT2D eigenvalue weighted by Crippen LogP contribution is -2.35. The highest BCUT2D eigenvalue weighted by Gasteiger charge is 2.28. The van der Waals surface area contributed by atoms with Gasteiger partial charge in [0.25, 0.3) is 0 Å². The lowest BCUT2D eigenvalue weighted by Gasteiger charge is -2.22. The van der Waals surface area contributed by atoms with Gasteiger partial charge < -0.3 is 5.32 Å². The standard InChI is InChI=1S/C17H31N3O4S2/c1-16(2,14(21)19-5)7-11-25(23)9-6-10-26(24)12-8-17(3,4)15(22)20-13-18/h6-12H2,1-5H3,(H,19,21)(H,20,22). The molecule has 2 N–H and O–H groups in total. The zero-order valence-corrected chi connectivity index (χ0v) is 18.0. The van der Waals surface area contributed by atoms with Crippen molar-refractivity contribution >= 4 is 33.4 Å². The van der Waals surface area contributed by atoms with Crippen LogP contribution in [0.2, 0.25) is 0 Å². The van der Waals surface area contributed by atoms with Gasteiger partial charge in [0.05, 0.1) is 0 Å². The van der Waals surface area contributed by atoms with E-state index in [9.17, 15) is 18.0 Å². The highest BCUT2D eigenvalue weighted by atomic mass is 32.2. The Hall–Kier alpha value is -1.27. The number of nitrogens with one attached hydrogen (secondary N) is 2. The molecule has 0 saturated heterocycles. The molecule has 0 radical (unpaired) electrons. The molecule has 9 heteroatoms. The molecule has 0 saturated carbocycles. The average molecular weight is 406 g/mol. The predicted molar refractivity (Wildman–Crippen MR) is 105 cm³/mol. The molecule has 2 atom stereocenters. The molecule has 26 heavy (non-hydrogen) atoms. The van der Waals surface area contributed by atoms with E-state index in [2.05, 4.69) is 10.6 Å². The topological polar surface area (TPSA) is 116 Å². The number of nitriles is 1. The summed E-state index contributed by atoms with van der Waals surface area (Å²) in [5.41, 5.74) is -1.30. The van der Waals surface area contributed by atoms with Crippen LogP contribution in [-0.4, -0.2) is 50.3 Å². The molecular formula is C17H31N3O4S2. The van der Waals surface area contributed by atoms with Crippen LogP contribution in [0.15, 0.2) is 0 Å². The van der Waals surface area contributed by atoms with E-state index >= 15 is 0 Å². The Bertz CT molecular complexity index is 583. The summed E-state index contributed by atoms with van der Waals surface area (Å²) >= 11 is 0. The monoisotopic (exact) mass is 405 g/mol. The van der Waals surface area contributed by atoms with E-state index < -0.39 is 32.4 Å². The van der Waals surface area contributed by atoms with Gasteiger partial charge in [-0.2, -0.15) is 5.26 Å². The van der Waals surface area contributed by atoms with Gasteiger partial charge in [0, 0.05) is 62.5 Å². The first-order valence-corrected chi connectivity index (χ1v) is 11.6. The third kappa shape index (κ3) is 9.43. The fourth-order valence-corrected chi connectivity index (χ4v) is 5.11. The van der Waals surface area contributed by atoms with Crippen molar-refractivity contribution in [1.29, 1.82) is 5.26 Å². The third-order valence-corrected chi connectivity index (χ3v) is 7.09. The van der Waals surface area contributed by atoms with Crippen LogP contribution >= 0.6 is 0 Å². The minimum atomic E-state index is -1.09. The third-order valence-electron chi connectivity index (χ3n) is 4.28. The largest absolute Gasteiger partial charge is 0.359 e. The van der Waals surface area contributed by atoms with Gasteiger partial charge in [0.15, 0.2) is 6.19 Å². The van der Waals surface area contributed by atoms with Crippen LogP contribution in [0.25, 0.3) is 0 Å². The molecule has 0 aliphatic rings. The summed E-state index contributed by atoms with van der Waals surface area (Å²) in [5.74, 6) is 1.24. The van der Waals surface area contributed by atoms with Gasteiger partial charge in [0.2, 0.25) is 11.8 Å². The first-order chi connectivity index (χ1) is 12.0. The zero-order chi connectivity index (χ0) is 20.4. The summed E-state index contributed by atoms with van der Waals surface area (Å²) in [7, 11) is -0.557. The Morgan fingerprint density at radius 3 is 1.69 bits per heavy atom. The van der Waals surface area contributed by atoms with E-state index in [-0.39, 0.29) is 11.8 Å². The van der Waals surface area contributed by atoms with E-state index in [1.807, 2.05) is 13.8 Å². The Morgan fingerprint density at radius 1 is 0.885 bits per heavy atom.